The summed E-state index contributed by atoms with van der Waals surface area (Å²) in [4.78, 5) is 11.9. The number of phenols is 1. The van der Waals surface area contributed by atoms with Gasteiger partial charge >= 0.3 is 0 Å². The molecule has 0 bridgehead atoms. The van der Waals surface area contributed by atoms with Gasteiger partial charge in [0.2, 0.25) is 0 Å². The van der Waals surface area contributed by atoms with E-state index in [-0.39, 0.29) is 17.2 Å². The lowest BCUT2D eigenvalue weighted by Crippen LogP contribution is -2.22. The fourth-order valence-electron chi connectivity index (χ4n) is 1.58. The van der Waals surface area contributed by atoms with E-state index in [4.69, 9.17) is 23.2 Å². The Hall–Kier alpha value is -1.71. The summed E-state index contributed by atoms with van der Waals surface area (Å²) in [6, 6.07) is 11.5. The highest BCUT2D eigenvalue weighted by Gasteiger charge is 2.10. The Balaban J connectivity index is 2.03. The van der Waals surface area contributed by atoms with Gasteiger partial charge in [-0.2, -0.15) is 0 Å². The van der Waals surface area contributed by atoms with E-state index in [1.165, 1.54) is 12.1 Å². The molecular weight excluding hydrogens is 285 g/mol. The van der Waals surface area contributed by atoms with Crippen LogP contribution in [0.25, 0.3) is 0 Å². The monoisotopic (exact) mass is 295 g/mol. The van der Waals surface area contributed by atoms with E-state index in [1.54, 1.807) is 18.2 Å². The topological polar surface area (TPSA) is 49.3 Å². The molecule has 0 aliphatic carbocycles. The first-order valence-electron chi connectivity index (χ1n) is 5.57. The maximum atomic E-state index is 11.9. The second-order valence-electron chi connectivity index (χ2n) is 3.97. The van der Waals surface area contributed by atoms with Crippen LogP contribution in [-0.4, -0.2) is 11.0 Å². The van der Waals surface area contributed by atoms with Crippen LogP contribution in [0, 0.1) is 0 Å². The molecule has 19 heavy (non-hydrogen) atoms. The van der Waals surface area contributed by atoms with Crippen LogP contribution in [0.5, 0.6) is 5.75 Å². The van der Waals surface area contributed by atoms with E-state index in [0.717, 1.165) is 5.56 Å². The molecule has 3 nitrogen and oxygen atoms in total. The summed E-state index contributed by atoms with van der Waals surface area (Å²) in [5.41, 5.74) is 1.12. The number of aromatic hydroxyl groups is 1. The van der Waals surface area contributed by atoms with Crippen LogP contribution >= 0.6 is 23.2 Å². The molecule has 0 atom stereocenters. The van der Waals surface area contributed by atoms with Crippen LogP contribution < -0.4 is 5.32 Å². The smallest absolute Gasteiger partial charge is 0.255 e. The fourth-order valence-corrected chi connectivity index (χ4v) is 1.87. The third-order valence-electron chi connectivity index (χ3n) is 2.57. The lowest BCUT2D eigenvalue weighted by Gasteiger charge is -2.07. The van der Waals surface area contributed by atoms with Crippen LogP contribution in [-0.2, 0) is 6.54 Å². The summed E-state index contributed by atoms with van der Waals surface area (Å²) in [5, 5.41) is 13.4. The van der Waals surface area contributed by atoms with Crippen molar-refractivity contribution in [2.45, 2.75) is 6.54 Å². The lowest BCUT2D eigenvalue weighted by atomic mass is 10.1. The number of halogens is 2. The number of rotatable bonds is 3. The van der Waals surface area contributed by atoms with Gasteiger partial charge in [0.15, 0.2) is 0 Å². The molecule has 0 saturated heterocycles. The minimum atomic E-state index is -0.357. The number of nitrogens with one attached hydrogen (secondary N) is 1. The Morgan fingerprint density at radius 3 is 2.32 bits per heavy atom. The Morgan fingerprint density at radius 2 is 1.68 bits per heavy atom. The predicted molar refractivity (Wildman–Crippen MR) is 75.7 cm³/mol. The van der Waals surface area contributed by atoms with Crippen LogP contribution in [0.15, 0.2) is 42.5 Å². The second-order valence-corrected chi connectivity index (χ2v) is 4.84. The first-order chi connectivity index (χ1) is 9.06. The molecule has 2 rings (SSSR count). The number of benzene rings is 2. The van der Waals surface area contributed by atoms with Crippen molar-refractivity contribution in [1.82, 2.24) is 5.32 Å². The van der Waals surface area contributed by atoms with Gasteiger partial charge in [0, 0.05) is 16.6 Å². The lowest BCUT2D eigenvalue weighted by molar-refractivity contribution is 0.0948. The summed E-state index contributed by atoms with van der Waals surface area (Å²) >= 11 is 11.5. The molecule has 5 heteroatoms. The molecule has 2 aromatic rings. The number of amides is 1. The molecule has 0 aliphatic heterocycles. The van der Waals surface area contributed by atoms with Gasteiger partial charge in [-0.1, -0.05) is 35.3 Å². The fraction of sp³-hybridized carbons (Fsp3) is 0.0714. The molecule has 0 aliphatic rings. The zero-order valence-electron chi connectivity index (χ0n) is 9.86. The molecule has 0 radical (unpaired) electrons. The number of phenolic OH excluding ortho intramolecular Hbond substituents is 1. The molecule has 0 spiro atoms. The van der Waals surface area contributed by atoms with E-state index in [2.05, 4.69) is 5.32 Å². The molecule has 0 fully saturated rings. The third kappa shape index (κ3) is 3.63. The highest BCUT2D eigenvalue weighted by atomic mass is 35.5. The van der Waals surface area contributed by atoms with Gasteiger partial charge in [0.05, 0.1) is 5.56 Å². The summed E-state index contributed by atoms with van der Waals surface area (Å²) in [5.74, 6) is -0.495. The second kappa shape index (κ2) is 5.95. The predicted octanol–water partition coefficient (Wildman–Crippen LogP) is 3.63. The SMILES string of the molecule is O=C(NCc1ccc(Cl)cc1)c1ccc(Cl)cc1O. The third-order valence-corrected chi connectivity index (χ3v) is 3.06. The normalized spacial score (nSPS) is 10.2. The largest absolute Gasteiger partial charge is 0.507 e. The van der Waals surface area contributed by atoms with Gasteiger partial charge in [-0.05, 0) is 35.9 Å². The van der Waals surface area contributed by atoms with Crippen LogP contribution in [0.3, 0.4) is 0 Å². The van der Waals surface area contributed by atoms with E-state index in [9.17, 15) is 9.90 Å². The molecule has 0 unspecified atom stereocenters. The van der Waals surface area contributed by atoms with Crippen LogP contribution in [0.4, 0.5) is 0 Å². The summed E-state index contributed by atoms with van der Waals surface area (Å²) in [6.07, 6.45) is 0. The van der Waals surface area contributed by atoms with Gasteiger partial charge in [0.1, 0.15) is 5.75 Å². The summed E-state index contributed by atoms with van der Waals surface area (Å²) in [7, 11) is 0. The molecule has 0 aromatic heterocycles. The van der Waals surface area contributed by atoms with Gasteiger partial charge in [-0.15, -0.1) is 0 Å². The minimum absolute atomic E-state index is 0.138. The highest BCUT2D eigenvalue weighted by Crippen LogP contribution is 2.21. The van der Waals surface area contributed by atoms with Crippen molar-refractivity contribution in [1.29, 1.82) is 0 Å². The molecular formula is C14H11Cl2NO2. The van der Waals surface area contributed by atoms with Crippen molar-refractivity contribution in [3.63, 3.8) is 0 Å². The Kier molecular flexibility index (Phi) is 4.30. The van der Waals surface area contributed by atoms with E-state index in [1.807, 2.05) is 12.1 Å². The van der Waals surface area contributed by atoms with E-state index in [0.29, 0.717) is 16.6 Å². The molecule has 2 aromatic carbocycles. The quantitative estimate of drug-likeness (QED) is 0.908. The number of carbonyl (C=O) groups is 1. The Morgan fingerprint density at radius 1 is 1.05 bits per heavy atom. The molecule has 0 heterocycles. The minimum Gasteiger partial charge on any atom is -0.507 e. The summed E-state index contributed by atoms with van der Waals surface area (Å²) < 4.78 is 0. The van der Waals surface area contributed by atoms with Gasteiger partial charge < -0.3 is 10.4 Å². The number of hydrogen-bond donors (Lipinski definition) is 2. The van der Waals surface area contributed by atoms with Crippen molar-refractivity contribution in [2.24, 2.45) is 0 Å². The maximum Gasteiger partial charge on any atom is 0.255 e. The van der Waals surface area contributed by atoms with Crippen molar-refractivity contribution in [2.75, 3.05) is 0 Å². The highest BCUT2D eigenvalue weighted by molar-refractivity contribution is 6.31. The molecule has 0 saturated carbocycles. The Bertz CT molecular complexity index is 597. The number of carbonyl (C=O) groups excluding carboxylic acids is 1. The summed E-state index contributed by atoms with van der Waals surface area (Å²) in [6.45, 7) is 0.359. The number of hydrogen-bond acceptors (Lipinski definition) is 2. The van der Waals surface area contributed by atoms with Crippen LogP contribution in [0.1, 0.15) is 15.9 Å². The standard InChI is InChI=1S/C14H11Cl2NO2/c15-10-3-1-9(2-4-10)8-17-14(19)12-6-5-11(16)7-13(12)18/h1-7,18H,8H2,(H,17,19). The molecule has 2 N–H and O–H groups in total. The van der Waals surface area contributed by atoms with E-state index >= 15 is 0 Å². The first-order valence-corrected chi connectivity index (χ1v) is 6.33. The molecule has 1 amide bonds. The van der Waals surface area contributed by atoms with E-state index < -0.39 is 0 Å². The van der Waals surface area contributed by atoms with Gasteiger partial charge in [-0.25, -0.2) is 0 Å². The van der Waals surface area contributed by atoms with Crippen molar-refractivity contribution >= 4 is 29.1 Å². The Labute approximate surface area is 120 Å². The van der Waals surface area contributed by atoms with Crippen molar-refractivity contribution in [3.05, 3.63) is 63.6 Å². The van der Waals surface area contributed by atoms with Gasteiger partial charge in [-0.3, -0.25) is 4.79 Å². The van der Waals surface area contributed by atoms with Crippen LogP contribution in [0.2, 0.25) is 10.0 Å². The average Bonchev–Trinajstić information content (AvgIpc) is 2.37. The molecule has 98 valence electrons. The average molecular weight is 296 g/mol. The maximum absolute atomic E-state index is 11.9. The zero-order chi connectivity index (χ0) is 13.8. The van der Waals surface area contributed by atoms with Crippen molar-refractivity contribution in [3.8, 4) is 5.75 Å². The zero-order valence-corrected chi connectivity index (χ0v) is 11.4. The van der Waals surface area contributed by atoms with Gasteiger partial charge in [0.25, 0.3) is 5.91 Å². The first kappa shape index (κ1) is 13.7. The van der Waals surface area contributed by atoms with Crippen molar-refractivity contribution < 1.29 is 9.90 Å².